The minimum absolute atomic E-state index is 0.0338. The van der Waals surface area contributed by atoms with E-state index in [-0.39, 0.29) is 55.7 Å². The van der Waals surface area contributed by atoms with Crippen LogP contribution in [0.1, 0.15) is 355 Å². The zero-order valence-electron chi connectivity index (χ0n) is 84.0. The van der Waals surface area contributed by atoms with Gasteiger partial charge >= 0.3 is 0 Å². The van der Waals surface area contributed by atoms with E-state index in [2.05, 4.69) is 347 Å². The van der Waals surface area contributed by atoms with Crippen molar-refractivity contribution in [1.29, 1.82) is 0 Å². The molecular weight excluding hydrogens is 1650 g/mol. The molecule has 11 nitrogen and oxygen atoms in total. The highest BCUT2D eigenvalue weighted by Crippen LogP contribution is 2.50. The second-order valence-electron chi connectivity index (χ2n) is 43.1. The Kier molecular flexibility index (Phi) is 35.4. The molecule has 12 aromatic rings. The van der Waals surface area contributed by atoms with Gasteiger partial charge in [0.25, 0.3) is 11.8 Å². The highest BCUT2D eigenvalue weighted by atomic mass is 16.5. The number of rotatable bonds is 26. The molecule has 0 radical (unpaired) electrons. The van der Waals surface area contributed by atoms with Crippen molar-refractivity contribution >= 4 is 11.8 Å². The number of nitrogens with one attached hydrogen (secondary N) is 2. The number of amides is 2. The Bertz CT molecular complexity index is 5240. The molecule has 10 aromatic carbocycles. The Morgan fingerprint density at radius 3 is 0.821 bits per heavy atom. The molecule has 0 saturated carbocycles. The first-order chi connectivity index (χ1) is 64.0. The van der Waals surface area contributed by atoms with E-state index in [9.17, 15) is 9.59 Å². The average Bonchev–Trinajstić information content (AvgIpc) is 0.731. The summed E-state index contributed by atoms with van der Waals surface area (Å²) in [6.07, 6.45) is 20.2. The van der Waals surface area contributed by atoms with Gasteiger partial charge < -0.3 is 34.3 Å². The van der Waals surface area contributed by atoms with Crippen LogP contribution < -0.4 is 29.6 Å². The lowest BCUT2D eigenvalue weighted by molar-refractivity contribution is 0.0941. The number of benzene rings is 10. The van der Waals surface area contributed by atoms with Crippen LogP contribution in [0.4, 0.5) is 0 Å². The van der Waals surface area contributed by atoms with Gasteiger partial charge in [-0.15, -0.1) is 0 Å². The molecule has 0 atom stereocenters. The molecule has 2 aromatic heterocycles. The first kappa shape index (κ1) is 102. The summed E-state index contributed by atoms with van der Waals surface area (Å²) >= 11 is 0. The number of aromatic nitrogens is 2. The predicted molar refractivity (Wildman–Crippen MR) is 554 cm³/mol. The van der Waals surface area contributed by atoms with Gasteiger partial charge in [-0.05, 0) is 220 Å². The third-order valence-electron chi connectivity index (χ3n) is 26.4. The van der Waals surface area contributed by atoms with E-state index in [1.54, 1.807) is 18.2 Å². The Morgan fingerprint density at radius 1 is 0.261 bits per heavy atom. The van der Waals surface area contributed by atoms with E-state index < -0.39 is 10.8 Å². The van der Waals surface area contributed by atoms with Crippen molar-refractivity contribution in [1.82, 2.24) is 20.6 Å². The number of nitrogens with zero attached hydrogens (tertiary/aromatic N) is 2. The van der Waals surface area contributed by atoms with Crippen LogP contribution in [0, 0.1) is 0 Å². The molecule has 2 amide bonds. The normalized spacial score (nSPS) is 13.9. The number of carbonyl (C=O) groups excluding carboxylic acids is 2. The Balaban J connectivity index is 0.000000353. The van der Waals surface area contributed by atoms with E-state index in [0.29, 0.717) is 39.5 Å². The molecule has 11 heteroatoms. The van der Waals surface area contributed by atoms with Gasteiger partial charge in [0.1, 0.15) is 41.0 Å². The summed E-state index contributed by atoms with van der Waals surface area (Å²) in [5.41, 5.74) is 21.1. The summed E-state index contributed by atoms with van der Waals surface area (Å²) in [7, 11) is 0. The van der Waals surface area contributed by atoms with Gasteiger partial charge in [0.2, 0.25) is 0 Å². The second kappa shape index (κ2) is 46.7. The topological polar surface area (TPSA) is 130 Å². The maximum atomic E-state index is 12.7. The number of carbonyl (C=O) groups is 2. The summed E-state index contributed by atoms with van der Waals surface area (Å²) in [5.74, 6) is 2.73. The van der Waals surface area contributed by atoms with Crippen molar-refractivity contribution in [3.8, 4) is 23.0 Å². The fourth-order valence-electron chi connectivity index (χ4n) is 18.0. The molecule has 4 aliphatic rings. The predicted octanol–water partition coefficient (Wildman–Crippen LogP) is 30.2. The van der Waals surface area contributed by atoms with Crippen LogP contribution in [-0.2, 0) is 74.4 Å². The molecule has 2 N–H and O–H groups in total. The van der Waals surface area contributed by atoms with Crippen molar-refractivity contribution in [2.75, 3.05) is 26.4 Å². The Morgan fingerprint density at radius 2 is 0.515 bits per heavy atom. The lowest BCUT2D eigenvalue weighted by atomic mass is 9.64. The summed E-state index contributed by atoms with van der Waals surface area (Å²) in [4.78, 5) is 34.5. The SMILES string of the molecule is CC(C)(C)c1ccc(C(c2ccc(OCCCCCCCCCCCOCc3cccc(COc4ccc(C(c5ccc(C(C)(C)C)cc5)(c5ccc(C(C)(C)C)cc5)c5ccc(C(C)(C)C)cc5)cc4)n3)cc2)(c2ccc(C(C)(C)C)cc2)c2ccc(C(C)(C)C)cc2)cc1.O=C1NCc2ccc(cc2)OCCCCCCCCCCOc2ccc(cc2)CNC(=O)c2cccc1n2. The molecule has 134 heavy (non-hydrogen) atoms. The molecule has 4 aliphatic heterocycles. The van der Waals surface area contributed by atoms with Gasteiger partial charge in [0.05, 0.1) is 48.6 Å². The van der Waals surface area contributed by atoms with Gasteiger partial charge in [0, 0.05) is 19.7 Å². The van der Waals surface area contributed by atoms with Crippen LogP contribution in [0.25, 0.3) is 0 Å². The quantitative estimate of drug-likeness (QED) is 0.0402. The lowest BCUT2D eigenvalue weighted by Gasteiger charge is -2.38. The smallest absolute Gasteiger partial charge is 0.270 e. The number of hydrogen-bond donors (Lipinski definition) is 2. The second-order valence-corrected chi connectivity index (χ2v) is 43.1. The number of pyridine rings is 2. The van der Waals surface area contributed by atoms with E-state index in [4.69, 9.17) is 28.7 Å². The van der Waals surface area contributed by atoms with Crippen LogP contribution in [0.5, 0.6) is 23.0 Å². The minimum Gasteiger partial charge on any atom is -0.494 e. The number of unbranched alkanes of at least 4 members (excludes halogenated alkanes) is 8. The lowest BCUT2D eigenvalue weighted by Crippen LogP contribution is -2.31. The van der Waals surface area contributed by atoms with Gasteiger partial charge in [0.15, 0.2) is 0 Å². The van der Waals surface area contributed by atoms with E-state index >= 15 is 0 Å². The van der Waals surface area contributed by atoms with Crippen LogP contribution in [-0.4, -0.2) is 48.2 Å². The molecule has 16 rings (SSSR count). The number of ether oxygens (including phenoxy) is 5. The summed E-state index contributed by atoms with van der Waals surface area (Å²) in [6, 6.07) is 101. The van der Waals surface area contributed by atoms with Crippen molar-refractivity contribution < 1.29 is 33.3 Å². The fraction of sp³-hybridized carbons (Fsp3) is 0.415. The zero-order valence-corrected chi connectivity index (χ0v) is 84.0. The highest BCUT2D eigenvalue weighted by molar-refractivity contribution is 5.96. The summed E-state index contributed by atoms with van der Waals surface area (Å²) < 4.78 is 30.8. The van der Waals surface area contributed by atoms with Crippen molar-refractivity contribution in [3.63, 3.8) is 0 Å². The largest absolute Gasteiger partial charge is 0.494 e. The summed E-state index contributed by atoms with van der Waals surface area (Å²) in [5, 5.41) is 5.74. The zero-order chi connectivity index (χ0) is 95.6. The molecule has 0 saturated heterocycles. The van der Waals surface area contributed by atoms with Crippen molar-refractivity contribution in [2.45, 2.75) is 303 Å². The highest BCUT2D eigenvalue weighted by Gasteiger charge is 2.42. The Hall–Kier alpha value is -11.4. The minimum atomic E-state index is -0.589. The first-order valence-electron chi connectivity index (χ1n) is 49.7. The van der Waals surface area contributed by atoms with Gasteiger partial charge in [-0.3, -0.25) is 14.6 Å². The third-order valence-corrected chi connectivity index (χ3v) is 26.4. The van der Waals surface area contributed by atoms with Gasteiger partial charge in [-0.1, -0.05) is 414 Å². The standard InChI is InChI=1S/C92H115NO3.C31H37N3O4/c1-85(2,3)67-31-43-73(44-32-67)91(74-45-33-68(34-46-74)86(4,5)6,75-47-35-69(36-48-75)87(7,8)9)79-55-59-83(60-56-79)95-64-27-25-23-21-19-20-22-24-26-63-94-65-81-29-28-30-82(93-81)66-96-84-61-57-80(58-62-84)92(76-49-37-70(38-50-76)88(10,11)12,77-51-39-71(40-52-77)89(13,14)15)78-53-41-72(42-54-78)90(16,17)18;35-30-28-10-9-11-29(34-28)31(36)33-23-25-14-18-27(19-15-25)38-21-8-6-4-2-1-3-5-7-20-37-26-16-12-24(13-17-26)22-32-30/h28-62H,19-27,63-66H2,1-18H3;9-19H,1-8,20-23H2,(H,32,35)(H,33,36). The molecule has 0 fully saturated rings. The van der Waals surface area contributed by atoms with Crippen LogP contribution in [0.2, 0.25) is 0 Å². The third kappa shape index (κ3) is 28.1. The molecule has 0 aliphatic carbocycles. The van der Waals surface area contributed by atoms with Crippen LogP contribution in [0.15, 0.2) is 279 Å². The number of hydrogen-bond acceptors (Lipinski definition) is 9. The maximum Gasteiger partial charge on any atom is 0.270 e. The molecule has 6 bridgehead atoms. The first-order valence-corrected chi connectivity index (χ1v) is 49.7. The summed E-state index contributed by atoms with van der Waals surface area (Å²) in [6.45, 7) is 45.7. The average molecular weight is 1800 g/mol. The molecule has 706 valence electrons. The maximum absolute atomic E-state index is 12.7. The molecule has 6 heterocycles. The van der Waals surface area contributed by atoms with E-state index in [0.717, 1.165) is 84.4 Å². The Labute approximate surface area is 804 Å². The van der Waals surface area contributed by atoms with Crippen LogP contribution >= 0.6 is 0 Å². The molecule has 0 unspecified atom stereocenters. The van der Waals surface area contributed by atoms with E-state index in [1.165, 1.54) is 161 Å². The fourth-order valence-corrected chi connectivity index (χ4v) is 18.0. The van der Waals surface area contributed by atoms with Gasteiger partial charge in [-0.25, -0.2) is 4.98 Å². The monoisotopic (exact) mass is 1800 g/mol. The van der Waals surface area contributed by atoms with Crippen molar-refractivity contribution in [3.05, 3.63) is 391 Å². The molecular formula is C123H152N4O7. The van der Waals surface area contributed by atoms with Gasteiger partial charge in [-0.2, -0.15) is 0 Å². The molecule has 0 spiro atoms. The van der Waals surface area contributed by atoms with Crippen LogP contribution in [0.3, 0.4) is 0 Å². The van der Waals surface area contributed by atoms with E-state index in [1.807, 2.05) is 54.6 Å². The van der Waals surface area contributed by atoms with Crippen molar-refractivity contribution in [2.24, 2.45) is 0 Å².